The van der Waals surface area contributed by atoms with Crippen LogP contribution in [0.1, 0.15) is 96.0 Å². The van der Waals surface area contributed by atoms with Gasteiger partial charge in [0.05, 0.1) is 6.04 Å². The Hall–Kier alpha value is -3.69. The van der Waals surface area contributed by atoms with Gasteiger partial charge in [-0.2, -0.15) is 4.98 Å². The lowest BCUT2D eigenvalue weighted by Crippen LogP contribution is -2.38. The number of carboxylic acid groups (broad SMARTS) is 1. The number of nitrogens with zero attached hydrogens (tertiary/aromatic N) is 5. The summed E-state index contributed by atoms with van der Waals surface area (Å²) >= 11 is 0. The third-order valence-electron chi connectivity index (χ3n) is 10.1. The molecule has 0 spiro atoms. The van der Waals surface area contributed by atoms with Gasteiger partial charge < -0.3 is 19.9 Å². The molecule has 0 bridgehead atoms. The van der Waals surface area contributed by atoms with E-state index in [1.54, 1.807) is 0 Å². The Morgan fingerprint density at radius 2 is 1.77 bits per heavy atom. The molecule has 2 saturated carbocycles. The van der Waals surface area contributed by atoms with Gasteiger partial charge in [0.25, 0.3) is 0 Å². The molecule has 3 heterocycles. The number of benzene rings is 1. The van der Waals surface area contributed by atoms with Gasteiger partial charge in [0.2, 0.25) is 5.95 Å². The zero-order valence-corrected chi connectivity index (χ0v) is 25.7. The van der Waals surface area contributed by atoms with Crippen LogP contribution >= 0.6 is 0 Å². The molecule has 3 aliphatic rings. The third kappa shape index (κ3) is 6.33. The van der Waals surface area contributed by atoms with Gasteiger partial charge in [0.1, 0.15) is 5.52 Å². The number of fused-ring (bicyclic) bond motifs is 1. The average molecular weight is 587 g/mol. The standard InChI is InChI=1S/C33H46N8O2/c1-20-12-14-23(15-13-20)19-41-27-29(35-22(3)24-10-7-11-24)37-31(28(34)36-33(42)43)38-30(27)39-32(41)40-17-16-21(2)18-26(40)25-8-5-4-6-9-25/h4-6,8-9,20-24,26H,7,10-19H2,1-3H3,(H2,34,36)(H,42,43)(H,35,37,38)/t20-,21?,22-,23-,26?/m1/s1. The van der Waals surface area contributed by atoms with Gasteiger partial charge in [-0.15, -0.1) is 0 Å². The highest BCUT2D eigenvalue weighted by atomic mass is 16.4. The molecule has 43 heavy (non-hydrogen) atoms. The van der Waals surface area contributed by atoms with Crippen molar-refractivity contribution in [2.75, 3.05) is 16.8 Å². The van der Waals surface area contributed by atoms with Crippen molar-refractivity contribution in [1.29, 1.82) is 5.41 Å². The summed E-state index contributed by atoms with van der Waals surface area (Å²) in [6.07, 6.45) is 9.28. The molecule has 3 fully saturated rings. The smallest absolute Gasteiger partial charge is 0.410 e. The zero-order chi connectivity index (χ0) is 30.1. The van der Waals surface area contributed by atoms with E-state index in [4.69, 9.17) is 20.4 Å². The van der Waals surface area contributed by atoms with Gasteiger partial charge in [0.15, 0.2) is 23.1 Å². The van der Waals surface area contributed by atoms with Gasteiger partial charge in [-0.25, -0.2) is 14.8 Å². The summed E-state index contributed by atoms with van der Waals surface area (Å²) in [5.74, 6) is 3.70. The van der Waals surface area contributed by atoms with Crippen LogP contribution in [0.15, 0.2) is 30.3 Å². The number of piperidine rings is 1. The lowest BCUT2D eigenvalue weighted by atomic mass is 9.80. The molecule has 0 radical (unpaired) electrons. The minimum atomic E-state index is -1.31. The van der Waals surface area contributed by atoms with E-state index in [0.29, 0.717) is 29.2 Å². The number of aromatic nitrogens is 4. The molecule has 1 amide bonds. The third-order valence-corrected chi connectivity index (χ3v) is 10.1. The van der Waals surface area contributed by atoms with E-state index in [9.17, 15) is 9.90 Å². The molecule has 10 nitrogen and oxygen atoms in total. The SMILES string of the molecule is CC1CCN(c2nc3nc(C(=N)NC(=O)O)nc(N[C@H](C)C4CCC4)c3n2C[C@H]2CC[C@H](C)CC2)C(c2ccccc2)C1. The lowest BCUT2D eigenvalue weighted by Gasteiger charge is -2.40. The zero-order valence-electron chi connectivity index (χ0n) is 25.7. The van der Waals surface area contributed by atoms with Crippen molar-refractivity contribution in [1.82, 2.24) is 24.8 Å². The number of carbonyl (C=O) groups is 1. The van der Waals surface area contributed by atoms with E-state index >= 15 is 0 Å². The first-order valence-corrected chi connectivity index (χ1v) is 16.2. The maximum absolute atomic E-state index is 11.4. The molecule has 3 aromatic rings. The highest BCUT2D eigenvalue weighted by Gasteiger charge is 2.34. The Kier molecular flexibility index (Phi) is 8.54. The minimum absolute atomic E-state index is 0.0350. The molecule has 2 aliphatic carbocycles. The molecule has 230 valence electrons. The van der Waals surface area contributed by atoms with Crippen molar-refractivity contribution in [2.24, 2.45) is 23.7 Å². The first-order valence-electron chi connectivity index (χ1n) is 16.2. The molecular weight excluding hydrogens is 540 g/mol. The van der Waals surface area contributed by atoms with Crippen molar-refractivity contribution in [3.8, 4) is 0 Å². The van der Waals surface area contributed by atoms with E-state index in [-0.39, 0.29) is 23.7 Å². The van der Waals surface area contributed by atoms with Crippen molar-refractivity contribution in [2.45, 2.75) is 97.2 Å². The van der Waals surface area contributed by atoms with Crippen LogP contribution in [0, 0.1) is 29.1 Å². The largest absolute Gasteiger partial charge is 0.465 e. The first kappa shape index (κ1) is 29.4. The fourth-order valence-electron chi connectivity index (χ4n) is 7.21. The fraction of sp³-hybridized carbons (Fsp3) is 0.606. The number of imidazole rings is 1. The van der Waals surface area contributed by atoms with E-state index in [0.717, 1.165) is 43.3 Å². The normalized spacial score (nSPS) is 25.2. The molecule has 2 aromatic heterocycles. The molecule has 1 aliphatic heterocycles. The van der Waals surface area contributed by atoms with Crippen molar-refractivity contribution >= 4 is 34.9 Å². The Morgan fingerprint density at radius 3 is 2.44 bits per heavy atom. The highest BCUT2D eigenvalue weighted by molar-refractivity contribution is 6.03. The fourth-order valence-corrected chi connectivity index (χ4v) is 7.21. The number of rotatable bonds is 8. The van der Waals surface area contributed by atoms with Crippen LogP contribution < -0.4 is 15.5 Å². The number of amidine groups is 1. The maximum Gasteiger partial charge on any atom is 0.410 e. The summed E-state index contributed by atoms with van der Waals surface area (Å²) < 4.78 is 2.36. The molecule has 10 heteroatoms. The van der Waals surface area contributed by atoms with E-state index in [1.165, 1.54) is 50.5 Å². The minimum Gasteiger partial charge on any atom is -0.465 e. The second-order valence-electron chi connectivity index (χ2n) is 13.4. The lowest BCUT2D eigenvalue weighted by molar-refractivity contribution is 0.200. The van der Waals surface area contributed by atoms with Gasteiger partial charge in [0, 0.05) is 19.1 Å². The van der Waals surface area contributed by atoms with Crippen LogP contribution in [0.25, 0.3) is 11.2 Å². The molecule has 2 unspecified atom stereocenters. The van der Waals surface area contributed by atoms with E-state index in [1.807, 2.05) is 0 Å². The first-order chi connectivity index (χ1) is 20.8. The topological polar surface area (TPSA) is 132 Å². The van der Waals surface area contributed by atoms with Gasteiger partial charge >= 0.3 is 6.09 Å². The van der Waals surface area contributed by atoms with Crippen LogP contribution in [-0.2, 0) is 6.54 Å². The quantitative estimate of drug-likeness (QED) is 0.168. The Bertz CT molecular complexity index is 1440. The van der Waals surface area contributed by atoms with Gasteiger partial charge in [-0.3, -0.25) is 10.7 Å². The van der Waals surface area contributed by atoms with E-state index < -0.39 is 6.09 Å². The van der Waals surface area contributed by atoms with Crippen molar-refractivity contribution < 1.29 is 9.90 Å². The number of nitrogens with one attached hydrogen (secondary N) is 3. The Labute approximate surface area is 254 Å². The van der Waals surface area contributed by atoms with Crippen LogP contribution in [0.5, 0.6) is 0 Å². The molecule has 6 rings (SSSR count). The van der Waals surface area contributed by atoms with E-state index in [2.05, 4.69) is 71.2 Å². The maximum atomic E-state index is 11.4. The van der Waals surface area contributed by atoms with Crippen LogP contribution in [0.2, 0.25) is 0 Å². The molecule has 3 atom stereocenters. The summed E-state index contributed by atoms with van der Waals surface area (Å²) in [5, 5.41) is 23.5. The number of hydrogen-bond acceptors (Lipinski definition) is 7. The summed E-state index contributed by atoms with van der Waals surface area (Å²) in [7, 11) is 0. The molecule has 1 saturated heterocycles. The molecular formula is C33H46N8O2. The summed E-state index contributed by atoms with van der Waals surface area (Å²) in [6, 6.07) is 11.1. The second kappa shape index (κ2) is 12.5. The van der Waals surface area contributed by atoms with Crippen LogP contribution in [-0.4, -0.2) is 49.1 Å². The highest BCUT2D eigenvalue weighted by Crippen LogP contribution is 2.41. The van der Waals surface area contributed by atoms with Crippen molar-refractivity contribution in [3.63, 3.8) is 0 Å². The Balaban J connectivity index is 1.49. The number of hydrogen-bond donors (Lipinski definition) is 4. The van der Waals surface area contributed by atoms with Crippen LogP contribution in [0.4, 0.5) is 16.6 Å². The van der Waals surface area contributed by atoms with Crippen molar-refractivity contribution in [3.05, 3.63) is 41.7 Å². The van der Waals surface area contributed by atoms with Crippen LogP contribution in [0.3, 0.4) is 0 Å². The average Bonchev–Trinajstić information content (AvgIpc) is 3.31. The number of amides is 1. The Morgan fingerprint density at radius 1 is 1.02 bits per heavy atom. The summed E-state index contributed by atoms with van der Waals surface area (Å²) in [4.78, 5) is 28.6. The second-order valence-corrected chi connectivity index (χ2v) is 13.4. The summed E-state index contributed by atoms with van der Waals surface area (Å²) in [6.45, 7) is 8.62. The summed E-state index contributed by atoms with van der Waals surface area (Å²) in [5.41, 5.74) is 2.65. The predicted molar refractivity (Wildman–Crippen MR) is 170 cm³/mol. The molecule has 1 aromatic carbocycles. The molecule has 4 N–H and O–H groups in total. The number of anilines is 2. The van der Waals surface area contributed by atoms with Gasteiger partial charge in [-0.05, 0) is 74.7 Å². The predicted octanol–water partition coefficient (Wildman–Crippen LogP) is 6.82. The monoisotopic (exact) mass is 586 g/mol. The van der Waals surface area contributed by atoms with Gasteiger partial charge in [-0.1, -0.05) is 63.4 Å².